The smallest absolute Gasteiger partial charge is 0.481 e. The first-order valence-corrected chi connectivity index (χ1v) is 22.5. The van der Waals surface area contributed by atoms with Crippen LogP contribution in [-0.4, -0.2) is 133 Å². The number of aromatic hydroxyl groups is 1. The monoisotopic (exact) mass is 931 g/mol. The number of ether oxygens (including phenoxy) is 1. The van der Waals surface area contributed by atoms with Gasteiger partial charge in [-0.1, -0.05) is 43.8 Å². The summed E-state index contributed by atoms with van der Waals surface area (Å²) in [5, 5.41) is 35.4. The molecule has 1 saturated heterocycles. The molecule has 0 radical (unpaired) electrons. The van der Waals surface area contributed by atoms with Gasteiger partial charge in [0.2, 0.25) is 16.9 Å². The molecule has 1 aromatic carbocycles. The van der Waals surface area contributed by atoms with Crippen molar-refractivity contribution in [3.8, 4) is 5.75 Å². The molecule has 30 heteroatoms. The van der Waals surface area contributed by atoms with Crippen LogP contribution in [0.3, 0.4) is 0 Å². The maximum Gasteiger partial charge on any atom is 0.481 e. The number of aromatic nitrogens is 4. The lowest BCUT2D eigenvalue weighted by Gasteiger charge is -2.30. The summed E-state index contributed by atoms with van der Waals surface area (Å²) >= 11 is 0.956. The molecule has 7 atom stereocenters. The van der Waals surface area contributed by atoms with Crippen LogP contribution >= 0.6 is 35.2 Å². The van der Waals surface area contributed by atoms with Crippen LogP contribution in [0.1, 0.15) is 32.1 Å². The molecule has 0 saturated carbocycles. The van der Waals surface area contributed by atoms with Crippen LogP contribution in [0, 0.1) is 5.41 Å². The first-order chi connectivity index (χ1) is 27.5. The lowest BCUT2D eigenvalue weighted by Crippen LogP contribution is -2.46. The van der Waals surface area contributed by atoms with E-state index in [4.69, 9.17) is 19.5 Å². The SMILES string of the molecule is CC(C)(COP(=O)(O)OP(=O)(O)OC[C@H]1O[C@@H](n2cnc3c(N)ncnc32)[C@H](O)[C@@H]1OP(=O)(O)O)C(O)C(=O)NCCC(=O)NCCSC(=O)/C=C/c1ccc(O)cc1.O. The highest BCUT2D eigenvalue weighted by molar-refractivity contribution is 8.14. The molecule has 1 aliphatic heterocycles. The average Bonchev–Trinajstić information content (AvgIpc) is 3.71. The number of thioether (sulfide) groups is 1. The van der Waals surface area contributed by atoms with E-state index in [1.807, 2.05) is 0 Å². The molecule has 1 fully saturated rings. The second-order valence-corrected chi connectivity index (χ2v) is 18.5. The summed E-state index contributed by atoms with van der Waals surface area (Å²) in [7, 11) is -16.4. The minimum absolute atomic E-state index is 0. The summed E-state index contributed by atoms with van der Waals surface area (Å²) in [4.78, 5) is 87.7. The highest BCUT2D eigenvalue weighted by Crippen LogP contribution is 2.61. The van der Waals surface area contributed by atoms with Crippen molar-refractivity contribution in [1.82, 2.24) is 30.2 Å². The number of aliphatic hydroxyl groups is 2. The molecule has 0 bridgehead atoms. The van der Waals surface area contributed by atoms with Crippen molar-refractivity contribution in [2.24, 2.45) is 5.41 Å². The zero-order valence-corrected chi connectivity index (χ0v) is 35.0. The Balaban J connectivity index is 0.00000961. The number of benzene rings is 1. The molecule has 3 heterocycles. The molecule has 3 aromatic rings. The number of aliphatic hydroxyl groups excluding tert-OH is 2. The van der Waals surface area contributed by atoms with Crippen LogP contribution < -0.4 is 16.4 Å². The molecule has 0 spiro atoms. The standard InChI is InChI=1S/C30H42N7O18P3S.H2O/c1-30(2,25(42)28(43)33-10-9-20(39)32-11-12-59-21(40)8-5-17-3-6-18(38)7-4-17)14-52-58(49,50)55-57(47,48)51-13-19-24(54-56(44,45)46)23(41)29(53-19)37-16-36-22-26(31)34-15-35-27(22)37;/h3-8,15-16,19,23-25,29,38,41-42H,9-14H2,1-2H3,(H,32,39)(H,33,43)(H,47,48)(H,49,50)(H2,31,34,35)(H2,44,45,46);1H2/b8-5+;/t19-,23-,24-,25?,29-;/m1./s1. The van der Waals surface area contributed by atoms with Crippen LogP contribution in [-0.2, 0) is 50.7 Å². The number of carbonyl (C=O) groups excluding carboxylic acids is 3. The maximum atomic E-state index is 12.7. The van der Waals surface area contributed by atoms with Gasteiger partial charge in [0.05, 0.1) is 19.5 Å². The van der Waals surface area contributed by atoms with Gasteiger partial charge in [-0.15, -0.1) is 0 Å². The third-order valence-electron chi connectivity index (χ3n) is 8.05. The van der Waals surface area contributed by atoms with Gasteiger partial charge >= 0.3 is 23.5 Å². The lowest BCUT2D eigenvalue weighted by atomic mass is 9.87. The van der Waals surface area contributed by atoms with Crippen molar-refractivity contribution in [2.75, 3.05) is 37.8 Å². The first-order valence-electron chi connectivity index (χ1n) is 17.0. The fraction of sp³-hybridized carbons (Fsp3) is 0.467. The van der Waals surface area contributed by atoms with E-state index in [0.29, 0.717) is 5.56 Å². The van der Waals surface area contributed by atoms with Gasteiger partial charge in [-0.2, -0.15) is 4.31 Å². The second-order valence-electron chi connectivity index (χ2n) is 13.2. The van der Waals surface area contributed by atoms with E-state index in [1.165, 1.54) is 32.1 Å². The molecule has 2 amide bonds. The number of fused-ring (bicyclic) bond motifs is 1. The molecule has 60 heavy (non-hydrogen) atoms. The number of phenols is 1. The highest BCUT2D eigenvalue weighted by Gasteiger charge is 2.50. The van der Waals surface area contributed by atoms with E-state index in [-0.39, 0.29) is 58.6 Å². The Morgan fingerprint density at radius 2 is 1.70 bits per heavy atom. The molecule has 3 unspecified atom stereocenters. The number of nitrogens with two attached hydrogens (primary N) is 1. The summed E-state index contributed by atoms with van der Waals surface area (Å²) in [6.07, 6.45) is -4.10. The minimum atomic E-state index is -5.58. The number of amides is 2. The van der Waals surface area contributed by atoms with Crippen molar-refractivity contribution in [1.29, 1.82) is 0 Å². The molecular weight excluding hydrogens is 887 g/mol. The molecule has 26 nitrogen and oxygen atoms in total. The normalized spacial score (nSPS) is 20.9. The van der Waals surface area contributed by atoms with Gasteiger partial charge in [-0.3, -0.25) is 32.5 Å². The Morgan fingerprint density at radius 3 is 2.37 bits per heavy atom. The topological polar surface area (TPSA) is 415 Å². The molecule has 334 valence electrons. The Hall–Kier alpha value is -3.72. The fourth-order valence-corrected chi connectivity index (χ4v) is 8.48. The predicted molar refractivity (Wildman–Crippen MR) is 208 cm³/mol. The van der Waals surface area contributed by atoms with Crippen LogP contribution in [0.2, 0.25) is 0 Å². The molecule has 2 aromatic heterocycles. The summed E-state index contributed by atoms with van der Waals surface area (Å²) in [5.41, 5.74) is 4.94. The number of rotatable bonds is 21. The number of hydrogen-bond acceptors (Lipinski definition) is 19. The summed E-state index contributed by atoms with van der Waals surface area (Å²) in [5.74, 6) is -1.17. The summed E-state index contributed by atoms with van der Waals surface area (Å²) < 4.78 is 62.1. The Morgan fingerprint density at radius 1 is 1.03 bits per heavy atom. The van der Waals surface area contributed by atoms with Crippen LogP contribution in [0.4, 0.5) is 5.82 Å². The van der Waals surface area contributed by atoms with E-state index in [2.05, 4.69) is 34.4 Å². The van der Waals surface area contributed by atoms with E-state index >= 15 is 0 Å². The van der Waals surface area contributed by atoms with E-state index < -0.39 is 84.6 Å². The van der Waals surface area contributed by atoms with Crippen LogP contribution in [0.15, 0.2) is 43.0 Å². The number of nitrogens with zero attached hydrogens (tertiary/aromatic N) is 4. The quantitative estimate of drug-likeness (QED) is 0.0357. The van der Waals surface area contributed by atoms with Gasteiger partial charge in [0.25, 0.3) is 0 Å². The van der Waals surface area contributed by atoms with Crippen molar-refractivity contribution < 1.29 is 91.1 Å². The van der Waals surface area contributed by atoms with Gasteiger partial charge in [-0.05, 0) is 23.8 Å². The number of phenolic OH excluding ortho intramolecular Hbond substituents is 1. The van der Waals surface area contributed by atoms with Crippen LogP contribution in [0.5, 0.6) is 5.75 Å². The number of hydrogen-bond donors (Lipinski definition) is 10. The summed E-state index contributed by atoms with van der Waals surface area (Å²) in [6, 6.07) is 6.21. The third-order valence-corrected chi connectivity index (χ3v) is 12.0. The zero-order valence-electron chi connectivity index (χ0n) is 31.5. The average molecular weight is 932 g/mol. The van der Waals surface area contributed by atoms with Crippen molar-refractivity contribution in [3.05, 3.63) is 48.6 Å². The Bertz CT molecular complexity index is 2140. The van der Waals surface area contributed by atoms with Crippen molar-refractivity contribution >= 4 is 75.2 Å². The molecule has 4 rings (SSSR count). The third kappa shape index (κ3) is 15.0. The Labute approximate surface area is 344 Å². The van der Waals surface area contributed by atoms with Gasteiger partial charge in [0.1, 0.15) is 42.0 Å². The van der Waals surface area contributed by atoms with Crippen LogP contribution in [0.25, 0.3) is 17.2 Å². The van der Waals surface area contributed by atoms with E-state index in [0.717, 1.165) is 29.0 Å². The largest absolute Gasteiger partial charge is 0.508 e. The Kier molecular flexibility index (Phi) is 18.0. The minimum Gasteiger partial charge on any atom is -0.508 e. The van der Waals surface area contributed by atoms with Crippen molar-refractivity contribution in [2.45, 2.75) is 50.9 Å². The van der Waals surface area contributed by atoms with E-state index in [1.54, 1.807) is 18.2 Å². The fourth-order valence-electron chi connectivity index (χ4n) is 5.08. The molecular formula is C30H44N7O19P3S. The maximum absolute atomic E-state index is 12.7. The number of anilines is 1. The molecule has 13 N–H and O–H groups in total. The molecule has 0 aliphatic carbocycles. The van der Waals surface area contributed by atoms with Gasteiger partial charge in [0.15, 0.2) is 17.7 Å². The highest BCUT2D eigenvalue weighted by atomic mass is 32.2. The molecule has 1 aliphatic rings. The van der Waals surface area contributed by atoms with Gasteiger partial charge in [0, 0.05) is 30.7 Å². The number of imidazole rings is 1. The second kappa shape index (κ2) is 21.4. The zero-order chi connectivity index (χ0) is 43.8. The van der Waals surface area contributed by atoms with Gasteiger partial charge in [-0.25, -0.2) is 28.6 Å². The first kappa shape index (κ1) is 50.6. The van der Waals surface area contributed by atoms with Crippen molar-refractivity contribution in [3.63, 3.8) is 0 Å². The predicted octanol–water partition coefficient (Wildman–Crippen LogP) is -0.741. The van der Waals surface area contributed by atoms with Gasteiger partial charge < -0.3 is 61.5 Å². The number of nitrogens with one attached hydrogen (secondary N) is 2. The number of nitrogen functional groups attached to an aromatic ring is 1. The number of phosphoric acid groups is 3. The lowest BCUT2D eigenvalue weighted by molar-refractivity contribution is -0.137. The summed E-state index contributed by atoms with van der Waals surface area (Å²) in [6.45, 7) is 0.345. The number of phosphoric ester groups is 3. The van der Waals surface area contributed by atoms with E-state index in [9.17, 15) is 63.0 Å². The number of carbonyl (C=O) groups is 3.